The fourth-order valence-electron chi connectivity index (χ4n) is 3.06. The molecule has 3 N–H and O–H groups in total. The minimum absolute atomic E-state index is 0.0997. The molecule has 3 rings (SSSR count). The van der Waals surface area contributed by atoms with Gasteiger partial charge in [-0.1, -0.05) is 19.1 Å². The highest BCUT2D eigenvalue weighted by Crippen LogP contribution is 2.31. The van der Waals surface area contributed by atoms with Gasteiger partial charge in [-0.3, -0.25) is 4.79 Å². The minimum atomic E-state index is -3.67. The zero-order valence-corrected chi connectivity index (χ0v) is 14.4. The number of nitrogens with one attached hydrogen (secondary N) is 1. The molecule has 0 saturated carbocycles. The van der Waals surface area contributed by atoms with Crippen LogP contribution < -0.4 is 11.1 Å². The zero-order chi connectivity index (χ0) is 17.3. The third-order valence-electron chi connectivity index (χ3n) is 4.47. The molecular formula is C16H22N4O3S. The molecule has 130 valence electrons. The highest BCUT2D eigenvalue weighted by Gasteiger charge is 2.39. The van der Waals surface area contributed by atoms with E-state index in [0.29, 0.717) is 37.5 Å². The second-order valence-corrected chi connectivity index (χ2v) is 7.90. The molecule has 0 radical (unpaired) electrons. The first-order chi connectivity index (χ1) is 11.4. The zero-order valence-electron chi connectivity index (χ0n) is 13.6. The van der Waals surface area contributed by atoms with E-state index in [-0.39, 0.29) is 16.7 Å². The van der Waals surface area contributed by atoms with Gasteiger partial charge >= 0.3 is 0 Å². The molecule has 2 heterocycles. The number of hydrogen-bond acceptors (Lipinski definition) is 5. The molecule has 1 fully saturated rings. The average molecular weight is 350 g/mol. The first-order valence-electron chi connectivity index (χ1n) is 8.13. The van der Waals surface area contributed by atoms with Crippen molar-refractivity contribution in [2.75, 3.05) is 19.6 Å². The number of carbonyl (C=O) groups is 1. The molecule has 1 aromatic rings. The van der Waals surface area contributed by atoms with Gasteiger partial charge in [-0.25, -0.2) is 0 Å². The number of amides is 1. The summed E-state index contributed by atoms with van der Waals surface area (Å²) in [6.07, 6.45) is 1.51. The van der Waals surface area contributed by atoms with E-state index in [4.69, 9.17) is 5.73 Å². The number of benzene rings is 1. The summed E-state index contributed by atoms with van der Waals surface area (Å²) in [4.78, 5) is 14.5. The Morgan fingerprint density at radius 2 is 2.21 bits per heavy atom. The molecule has 24 heavy (non-hydrogen) atoms. The van der Waals surface area contributed by atoms with Gasteiger partial charge in [0.2, 0.25) is 5.91 Å². The molecule has 1 aromatic carbocycles. The maximum absolute atomic E-state index is 12.5. The van der Waals surface area contributed by atoms with Crippen LogP contribution in [0.4, 0.5) is 0 Å². The van der Waals surface area contributed by atoms with Crippen LogP contribution in [0.1, 0.15) is 25.3 Å². The van der Waals surface area contributed by atoms with E-state index in [1.165, 1.54) is 0 Å². The predicted molar refractivity (Wildman–Crippen MR) is 91.1 cm³/mol. The van der Waals surface area contributed by atoms with E-state index < -0.39 is 16.1 Å². The summed E-state index contributed by atoms with van der Waals surface area (Å²) < 4.78 is 28.4. The van der Waals surface area contributed by atoms with Crippen LogP contribution in [0.3, 0.4) is 0 Å². The SMILES string of the molecule is CC(CN)CNC(=O)C1CCCN1C1=NS(=O)(=O)c2ccccc21. The van der Waals surface area contributed by atoms with Crippen molar-refractivity contribution in [3.63, 3.8) is 0 Å². The van der Waals surface area contributed by atoms with Crippen molar-refractivity contribution in [2.24, 2.45) is 16.0 Å². The Morgan fingerprint density at radius 3 is 2.96 bits per heavy atom. The van der Waals surface area contributed by atoms with E-state index in [2.05, 4.69) is 9.71 Å². The second kappa shape index (κ2) is 6.52. The molecule has 0 aromatic heterocycles. The molecule has 8 heteroatoms. The lowest BCUT2D eigenvalue weighted by atomic mass is 10.1. The molecular weight excluding hydrogens is 328 g/mol. The molecule has 2 unspecified atom stereocenters. The maximum Gasteiger partial charge on any atom is 0.285 e. The molecule has 1 saturated heterocycles. The second-order valence-electron chi connectivity index (χ2n) is 6.32. The highest BCUT2D eigenvalue weighted by atomic mass is 32.2. The summed E-state index contributed by atoms with van der Waals surface area (Å²) in [5, 5.41) is 2.91. The normalized spacial score (nSPS) is 22.8. The van der Waals surface area contributed by atoms with Crippen molar-refractivity contribution >= 4 is 21.8 Å². The standard InChI is InChI=1S/C16H22N4O3S/c1-11(9-17)10-18-16(21)13-6-4-8-20(13)15-12-5-2-3-7-14(12)24(22,23)19-15/h2-3,5,7,11,13H,4,6,8-10,17H2,1H3,(H,18,21). The molecule has 2 aliphatic rings. The van der Waals surface area contributed by atoms with E-state index in [0.717, 1.165) is 6.42 Å². The van der Waals surface area contributed by atoms with Crippen molar-refractivity contribution in [1.29, 1.82) is 0 Å². The van der Waals surface area contributed by atoms with Gasteiger partial charge in [0, 0.05) is 18.7 Å². The van der Waals surface area contributed by atoms with Gasteiger partial charge in [-0.15, -0.1) is 4.40 Å². The number of nitrogens with two attached hydrogens (primary N) is 1. The van der Waals surface area contributed by atoms with E-state index in [1.807, 2.05) is 11.8 Å². The van der Waals surface area contributed by atoms with Crippen LogP contribution in [0.15, 0.2) is 33.6 Å². The fraction of sp³-hybridized carbons (Fsp3) is 0.500. The molecule has 2 atom stereocenters. The molecule has 7 nitrogen and oxygen atoms in total. The smallest absolute Gasteiger partial charge is 0.285 e. The average Bonchev–Trinajstić information content (AvgIpc) is 3.15. The van der Waals surface area contributed by atoms with Crippen molar-refractivity contribution in [1.82, 2.24) is 10.2 Å². The Kier molecular flexibility index (Phi) is 4.60. The van der Waals surface area contributed by atoms with Crippen LogP contribution in [-0.2, 0) is 14.8 Å². The molecule has 2 aliphatic heterocycles. The topological polar surface area (TPSA) is 105 Å². The maximum atomic E-state index is 12.5. The third kappa shape index (κ3) is 3.03. The van der Waals surface area contributed by atoms with Crippen LogP contribution in [0.2, 0.25) is 0 Å². The van der Waals surface area contributed by atoms with Gasteiger partial charge in [0.1, 0.15) is 10.9 Å². The number of amidine groups is 1. The number of sulfonamides is 1. The van der Waals surface area contributed by atoms with Gasteiger partial charge in [-0.2, -0.15) is 8.42 Å². The lowest BCUT2D eigenvalue weighted by Crippen LogP contribution is -2.47. The van der Waals surface area contributed by atoms with Gasteiger partial charge < -0.3 is 16.0 Å². The summed E-state index contributed by atoms with van der Waals surface area (Å²) in [5.41, 5.74) is 6.15. The van der Waals surface area contributed by atoms with E-state index >= 15 is 0 Å². The fourth-order valence-corrected chi connectivity index (χ4v) is 4.28. The summed E-state index contributed by atoms with van der Waals surface area (Å²) in [6, 6.07) is 6.35. The summed E-state index contributed by atoms with van der Waals surface area (Å²) in [7, 11) is -3.67. The largest absolute Gasteiger partial charge is 0.354 e. The first kappa shape index (κ1) is 16.9. The van der Waals surface area contributed by atoms with Crippen LogP contribution in [-0.4, -0.2) is 50.7 Å². The van der Waals surface area contributed by atoms with Crippen LogP contribution in [0.5, 0.6) is 0 Å². The van der Waals surface area contributed by atoms with Crippen molar-refractivity contribution in [3.05, 3.63) is 29.8 Å². The first-order valence-corrected chi connectivity index (χ1v) is 9.57. The number of hydrogen-bond donors (Lipinski definition) is 2. The number of nitrogens with zero attached hydrogens (tertiary/aromatic N) is 2. The molecule has 0 aliphatic carbocycles. The van der Waals surface area contributed by atoms with Crippen molar-refractivity contribution in [2.45, 2.75) is 30.7 Å². The number of rotatable bonds is 4. The van der Waals surface area contributed by atoms with E-state index in [1.54, 1.807) is 24.3 Å². The van der Waals surface area contributed by atoms with Crippen molar-refractivity contribution in [3.8, 4) is 0 Å². The lowest BCUT2D eigenvalue weighted by molar-refractivity contribution is -0.124. The Morgan fingerprint density at radius 1 is 1.46 bits per heavy atom. The predicted octanol–water partition coefficient (Wildman–Crippen LogP) is 0.311. The van der Waals surface area contributed by atoms with Crippen LogP contribution in [0, 0.1) is 5.92 Å². The quantitative estimate of drug-likeness (QED) is 0.813. The Bertz CT molecular complexity index is 775. The van der Waals surface area contributed by atoms with Crippen LogP contribution in [0.25, 0.3) is 0 Å². The summed E-state index contributed by atoms with van der Waals surface area (Å²) in [6.45, 7) is 3.61. The van der Waals surface area contributed by atoms with Gasteiger partial charge in [0.05, 0.1) is 0 Å². The minimum Gasteiger partial charge on any atom is -0.354 e. The monoisotopic (exact) mass is 350 g/mol. The number of likely N-dealkylation sites (tertiary alicyclic amines) is 1. The molecule has 1 amide bonds. The van der Waals surface area contributed by atoms with Gasteiger partial charge in [-0.05, 0) is 37.4 Å². The van der Waals surface area contributed by atoms with Crippen LogP contribution >= 0.6 is 0 Å². The molecule has 0 bridgehead atoms. The third-order valence-corrected chi connectivity index (χ3v) is 5.79. The van der Waals surface area contributed by atoms with Crippen molar-refractivity contribution < 1.29 is 13.2 Å². The Balaban J connectivity index is 1.83. The Labute approximate surface area is 142 Å². The summed E-state index contributed by atoms with van der Waals surface area (Å²) >= 11 is 0. The van der Waals surface area contributed by atoms with Gasteiger partial charge in [0.25, 0.3) is 10.0 Å². The summed E-state index contributed by atoms with van der Waals surface area (Å²) in [5.74, 6) is 0.487. The number of fused-ring (bicyclic) bond motifs is 1. The van der Waals surface area contributed by atoms with E-state index in [9.17, 15) is 13.2 Å². The highest BCUT2D eigenvalue weighted by molar-refractivity contribution is 7.90. The molecule has 0 spiro atoms. The van der Waals surface area contributed by atoms with Gasteiger partial charge in [0.15, 0.2) is 5.84 Å². The lowest BCUT2D eigenvalue weighted by Gasteiger charge is -2.26. The number of carbonyl (C=O) groups excluding carboxylic acids is 1. The Hall–Kier alpha value is -1.93.